The molecule has 0 spiro atoms. The normalized spacial score (nSPS) is 13.9. The number of aromatic nitrogens is 2. The topological polar surface area (TPSA) is 37.8 Å². The molecule has 0 bridgehead atoms. The number of nitrogens with one attached hydrogen (secondary N) is 1. The molecule has 1 aromatic rings. The fourth-order valence-electron chi connectivity index (χ4n) is 0.871. The molecule has 0 aromatic carbocycles. The van der Waals surface area contributed by atoms with E-state index in [1.54, 1.807) is 0 Å². The van der Waals surface area contributed by atoms with Crippen molar-refractivity contribution in [3.8, 4) is 0 Å². The molecule has 1 aromatic heterocycles. The molecule has 1 heterocycles. The molecule has 0 aliphatic carbocycles. The van der Waals surface area contributed by atoms with Crippen molar-refractivity contribution in [1.29, 1.82) is 0 Å². The van der Waals surface area contributed by atoms with Crippen molar-refractivity contribution in [3.63, 3.8) is 0 Å². The summed E-state index contributed by atoms with van der Waals surface area (Å²) >= 11 is 5.19. The minimum absolute atomic E-state index is 0.274. The van der Waals surface area contributed by atoms with Crippen molar-refractivity contribution in [2.75, 3.05) is 5.32 Å². The van der Waals surface area contributed by atoms with Gasteiger partial charge in [-0.05, 0) is 11.6 Å². The SMILES string of the molecule is FC(F)C(F)Nc1nc(Cl)ncc1C(F)(F)F. The van der Waals surface area contributed by atoms with Crippen molar-refractivity contribution in [2.45, 2.75) is 18.9 Å². The lowest BCUT2D eigenvalue weighted by molar-refractivity contribution is -0.137. The quantitative estimate of drug-likeness (QED) is 0.525. The molecule has 1 atom stereocenters. The van der Waals surface area contributed by atoms with Crippen LogP contribution in [0.2, 0.25) is 5.28 Å². The van der Waals surface area contributed by atoms with Crippen LogP contribution in [-0.4, -0.2) is 22.7 Å². The Hall–Kier alpha value is -1.25. The summed E-state index contributed by atoms with van der Waals surface area (Å²) in [5.74, 6) is -1.13. The highest BCUT2D eigenvalue weighted by Gasteiger charge is 2.36. The lowest BCUT2D eigenvalue weighted by atomic mass is 10.3. The Bertz CT molecular complexity index is 396. The van der Waals surface area contributed by atoms with Crippen LogP contribution in [0.3, 0.4) is 0 Å². The van der Waals surface area contributed by atoms with Gasteiger partial charge in [-0.25, -0.2) is 23.1 Å². The fourth-order valence-corrected chi connectivity index (χ4v) is 1.00. The number of hydrogen-bond acceptors (Lipinski definition) is 3. The van der Waals surface area contributed by atoms with E-state index in [0.29, 0.717) is 0 Å². The molecule has 1 unspecified atom stereocenters. The molecule has 1 rings (SSSR count). The van der Waals surface area contributed by atoms with Crippen LogP contribution in [-0.2, 0) is 6.18 Å². The number of hydrogen-bond donors (Lipinski definition) is 1. The summed E-state index contributed by atoms with van der Waals surface area (Å²) in [7, 11) is 0. The van der Waals surface area contributed by atoms with Gasteiger partial charge in [0.25, 0.3) is 6.43 Å². The Kier molecular flexibility index (Phi) is 4.02. The Morgan fingerprint density at radius 3 is 2.29 bits per heavy atom. The van der Waals surface area contributed by atoms with Crippen LogP contribution in [0.5, 0.6) is 0 Å². The molecule has 0 aliphatic heterocycles. The van der Waals surface area contributed by atoms with Gasteiger partial charge >= 0.3 is 6.18 Å². The van der Waals surface area contributed by atoms with E-state index in [4.69, 9.17) is 11.6 Å². The molecule has 3 nitrogen and oxygen atoms in total. The first-order valence-corrected chi connectivity index (χ1v) is 4.38. The summed E-state index contributed by atoms with van der Waals surface area (Å²) in [6, 6.07) is 0. The second-order valence-electron chi connectivity index (χ2n) is 2.78. The monoisotopic (exact) mass is 279 g/mol. The summed E-state index contributed by atoms with van der Waals surface area (Å²) < 4.78 is 73.4. The average Bonchev–Trinajstić information content (AvgIpc) is 2.15. The van der Waals surface area contributed by atoms with Gasteiger partial charge < -0.3 is 5.32 Å². The van der Waals surface area contributed by atoms with E-state index in [0.717, 1.165) is 0 Å². The van der Waals surface area contributed by atoms with E-state index in [2.05, 4.69) is 9.97 Å². The maximum Gasteiger partial charge on any atom is 0.421 e. The highest BCUT2D eigenvalue weighted by atomic mass is 35.5. The summed E-state index contributed by atoms with van der Waals surface area (Å²) in [6.07, 6.45) is -11.1. The van der Waals surface area contributed by atoms with E-state index in [9.17, 15) is 26.3 Å². The highest BCUT2D eigenvalue weighted by Crippen LogP contribution is 2.34. The number of halogens is 7. The van der Waals surface area contributed by atoms with Crippen LogP contribution < -0.4 is 5.32 Å². The average molecular weight is 280 g/mol. The fraction of sp³-hybridized carbons (Fsp3) is 0.429. The molecule has 10 heteroatoms. The maximum absolute atomic E-state index is 12.6. The van der Waals surface area contributed by atoms with Gasteiger partial charge in [0.15, 0.2) is 0 Å². The predicted octanol–water partition coefficient (Wildman–Crippen LogP) is 3.12. The molecule has 1 N–H and O–H groups in total. The summed E-state index contributed by atoms with van der Waals surface area (Å²) in [5.41, 5.74) is -1.48. The van der Waals surface area contributed by atoms with Crippen LogP contribution in [0, 0.1) is 0 Å². The highest BCUT2D eigenvalue weighted by molar-refractivity contribution is 6.28. The zero-order valence-corrected chi connectivity index (χ0v) is 8.53. The summed E-state index contributed by atoms with van der Waals surface area (Å²) in [4.78, 5) is 6.05. The molecule has 0 radical (unpaired) electrons. The second-order valence-corrected chi connectivity index (χ2v) is 3.12. The van der Waals surface area contributed by atoms with Gasteiger partial charge in [-0.1, -0.05) is 0 Å². The largest absolute Gasteiger partial charge is 0.421 e. The van der Waals surface area contributed by atoms with Crippen LogP contribution in [0.4, 0.5) is 32.2 Å². The summed E-state index contributed by atoms with van der Waals surface area (Å²) in [5, 5.41) is 0.662. The molecular weight excluding hydrogens is 276 g/mol. The van der Waals surface area contributed by atoms with E-state index in [1.165, 1.54) is 5.32 Å². The van der Waals surface area contributed by atoms with Gasteiger partial charge in [0.2, 0.25) is 11.6 Å². The van der Waals surface area contributed by atoms with Crippen LogP contribution in [0.1, 0.15) is 5.56 Å². The Balaban J connectivity index is 3.08. The molecule has 17 heavy (non-hydrogen) atoms. The lowest BCUT2D eigenvalue weighted by Crippen LogP contribution is -2.25. The first-order valence-electron chi connectivity index (χ1n) is 4.00. The zero-order chi connectivity index (χ0) is 13.2. The minimum atomic E-state index is -4.91. The van der Waals surface area contributed by atoms with Crippen LogP contribution >= 0.6 is 11.6 Å². The van der Waals surface area contributed by atoms with Crippen molar-refractivity contribution < 1.29 is 26.3 Å². The molecule has 0 fully saturated rings. The molecule has 0 aliphatic rings. The number of nitrogens with zero attached hydrogens (tertiary/aromatic N) is 2. The van der Waals surface area contributed by atoms with Gasteiger partial charge in [-0.3, -0.25) is 0 Å². The molecule has 0 saturated heterocycles. The number of alkyl halides is 6. The van der Waals surface area contributed by atoms with Crippen LogP contribution in [0.25, 0.3) is 0 Å². The Labute approximate surface area is 95.8 Å². The Morgan fingerprint density at radius 2 is 1.82 bits per heavy atom. The lowest BCUT2D eigenvalue weighted by Gasteiger charge is -2.15. The third-order valence-electron chi connectivity index (χ3n) is 1.56. The van der Waals surface area contributed by atoms with Gasteiger partial charge in [-0.2, -0.15) is 13.2 Å². The standard InChI is InChI=1S/C7H4ClF6N3/c8-6-15-1-2(7(12,13)14)5(17-6)16-4(11)3(9)10/h1,3-4H,(H,15,16,17). The predicted molar refractivity (Wildman–Crippen MR) is 46.6 cm³/mol. The van der Waals surface area contributed by atoms with Crippen molar-refractivity contribution in [3.05, 3.63) is 17.0 Å². The van der Waals surface area contributed by atoms with Crippen LogP contribution in [0.15, 0.2) is 6.20 Å². The van der Waals surface area contributed by atoms with Gasteiger partial charge in [-0.15, -0.1) is 0 Å². The third-order valence-corrected chi connectivity index (χ3v) is 1.74. The molecule has 96 valence electrons. The van der Waals surface area contributed by atoms with E-state index >= 15 is 0 Å². The molecular formula is C7H4ClF6N3. The third kappa shape index (κ3) is 3.62. The van der Waals surface area contributed by atoms with E-state index in [1.807, 2.05) is 0 Å². The minimum Gasteiger partial charge on any atom is -0.335 e. The zero-order valence-electron chi connectivity index (χ0n) is 7.77. The Morgan fingerprint density at radius 1 is 1.24 bits per heavy atom. The second kappa shape index (κ2) is 4.94. The molecule has 0 saturated carbocycles. The van der Waals surface area contributed by atoms with Crippen molar-refractivity contribution >= 4 is 17.4 Å². The van der Waals surface area contributed by atoms with Gasteiger partial charge in [0, 0.05) is 6.20 Å². The van der Waals surface area contributed by atoms with E-state index in [-0.39, 0.29) is 6.20 Å². The smallest absolute Gasteiger partial charge is 0.335 e. The molecule has 0 amide bonds. The number of anilines is 1. The van der Waals surface area contributed by atoms with Crippen molar-refractivity contribution in [2.24, 2.45) is 0 Å². The van der Waals surface area contributed by atoms with Gasteiger partial charge in [0.1, 0.15) is 11.4 Å². The van der Waals surface area contributed by atoms with Crippen molar-refractivity contribution in [1.82, 2.24) is 9.97 Å². The first kappa shape index (κ1) is 13.8. The first-order chi connectivity index (χ1) is 7.71. The van der Waals surface area contributed by atoms with Gasteiger partial charge in [0.05, 0.1) is 0 Å². The summed E-state index contributed by atoms with van der Waals surface area (Å²) in [6.45, 7) is 0. The maximum atomic E-state index is 12.6. The van der Waals surface area contributed by atoms with E-state index < -0.39 is 35.6 Å². The number of rotatable bonds is 3.